The van der Waals surface area contributed by atoms with E-state index in [-0.39, 0.29) is 0 Å². The standard InChI is InChI=1S/C22H35N5/c1-2-6-12-20(11-5-1)27-17-9-10-19(18-27)24-22-23-14-13-21(25-22)26-15-7-3-4-8-16-26/h5,11,13-14,19-20H,1-4,6-10,12,15-18H2,(H,23,24,25). The zero-order valence-corrected chi connectivity index (χ0v) is 16.7. The fourth-order valence-corrected chi connectivity index (χ4v) is 4.77. The van der Waals surface area contributed by atoms with Gasteiger partial charge in [0, 0.05) is 37.9 Å². The van der Waals surface area contributed by atoms with Crippen LogP contribution in [0, 0.1) is 0 Å². The van der Waals surface area contributed by atoms with Crippen molar-refractivity contribution in [1.29, 1.82) is 0 Å². The molecule has 2 atom stereocenters. The minimum Gasteiger partial charge on any atom is -0.356 e. The van der Waals surface area contributed by atoms with Crippen LogP contribution in [0.5, 0.6) is 0 Å². The average molecular weight is 370 g/mol. The molecule has 4 rings (SSSR count). The van der Waals surface area contributed by atoms with Crippen molar-refractivity contribution in [2.24, 2.45) is 0 Å². The summed E-state index contributed by atoms with van der Waals surface area (Å²) in [7, 11) is 0. The zero-order valence-electron chi connectivity index (χ0n) is 16.7. The van der Waals surface area contributed by atoms with E-state index in [1.807, 2.05) is 6.20 Å². The number of allylic oxidation sites excluding steroid dienone is 1. The van der Waals surface area contributed by atoms with Crippen LogP contribution in [0.4, 0.5) is 11.8 Å². The zero-order chi connectivity index (χ0) is 18.3. The Labute approximate surface area is 164 Å². The third kappa shape index (κ3) is 5.22. The largest absolute Gasteiger partial charge is 0.356 e. The van der Waals surface area contributed by atoms with Crippen LogP contribution in [0.2, 0.25) is 0 Å². The molecule has 0 bridgehead atoms. The highest BCUT2D eigenvalue weighted by Gasteiger charge is 2.25. The van der Waals surface area contributed by atoms with Crippen LogP contribution in [0.25, 0.3) is 0 Å². The monoisotopic (exact) mass is 369 g/mol. The van der Waals surface area contributed by atoms with Gasteiger partial charge in [-0.1, -0.05) is 31.4 Å². The van der Waals surface area contributed by atoms with E-state index in [1.165, 1.54) is 70.8 Å². The molecular weight excluding hydrogens is 334 g/mol. The number of piperidine rings is 1. The van der Waals surface area contributed by atoms with Gasteiger partial charge in [-0.3, -0.25) is 4.90 Å². The van der Waals surface area contributed by atoms with Gasteiger partial charge in [0.05, 0.1) is 0 Å². The summed E-state index contributed by atoms with van der Waals surface area (Å²) in [5.41, 5.74) is 0. The second-order valence-electron chi connectivity index (χ2n) is 8.40. The molecule has 0 saturated carbocycles. The predicted octanol–water partition coefficient (Wildman–Crippen LogP) is 4.23. The molecule has 5 heteroatoms. The fraction of sp³-hybridized carbons (Fsp3) is 0.727. The van der Waals surface area contributed by atoms with Gasteiger partial charge in [-0.25, -0.2) is 4.98 Å². The van der Waals surface area contributed by atoms with Crippen molar-refractivity contribution >= 4 is 11.8 Å². The average Bonchev–Trinajstić information content (AvgIpc) is 3.14. The first-order chi connectivity index (χ1) is 13.4. The van der Waals surface area contributed by atoms with Crippen molar-refractivity contribution < 1.29 is 0 Å². The summed E-state index contributed by atoms with van der Waals surface area (Å²) in [6.07, 6.45) is 19.7. The highest BCUT2D eigenvalue weighted by molar-refractivity contribution is 5.43. The molecule has 0 amide bonds. The summed E-state index contributed by atoms with van der Waals surface area (Å²) in [5, 5.41) is 3.65. The van der Waals surface area contributed by atoms with Gasteiger partial charge in [-0.05, 0) is 57.6 Å². The Hall–Kier alpha value is -1.62. The summed E-state index contributed by atoms with van der Waals surface area (Å²) in [6, 6.07) is 3.15. The molecule has 27 heavy (non-hydrogen) atoms. The fourth-order valence-electron chi connectivity index (χ4n) is 4.77. The predicted molar refractivity (Wildman–Crippen MR) is 112 cm³/mol. The first-order valence-corrected chi connectivity index (χ1v) is 11.1. The van der Waals surface area contributed by atoms with Gasteiger partial charge < -0.3 is 10.2 Å². The maximum absolute atomic E-state index is 4.86. The lowest BCUT2D eigenvalue weighted by molar-refractivity contribution is 0.173. The molecule has 148 valence electrons. The van der Waals surface area contributed by atoms with E-state index in [2.05, 4.69) is 38.3 Å². The maximum Gasteiger partial charge on any atom is 0.224 e. The van der Waals surface area contributed by atoms with Crippen LogP contribution in [0.15, 0.2) is 24.4 Å². The lowest BCUT2D eigenvalue weighted by Gasteiger charge is -2.37. The smallest absolute Gasteiger partial charge is 0.224 e. The summed E-state index contributed by atoms with van der Waals surface area (Å²) in [5.74, 6) is 1.90. The first kappa shape index (κ1) is 18.7. The first-order valence-electron chi connectivity index (χ1n) is 11.1. The van der Waals surface area contributed by atoms with Gasteiger partial charge in [0.1, 0.15) is 5.82 Å². The number of anilines is 2. The van der Waals surface area contributed by atoms with Crippen LogP contribution < -0.4 is 10.2 Å². The molecule has 2 aliphatic heterocycles. The van der Waals surface area contributed by atoms with Crippen molar-refractivity contribution in [2.75, 3.05) is 36.4 Å². The molecular formula is C22H35N5. The quantitative estimate of drug-likeness (QED) is 0.805. The van der Waals surface area contributed by atoms with Gasteiger partial charge in [0.15, 0.2) is 0 Å². The molecule has 1 aromatic rings. The molecule has 1 aliphatic carbocycles. The van der Waals surface area contributed by atoms with Crippen LogP contribution in [-0.2, 0) is 0 Å². The van der Waals surface area contributed by atoms with Crippen molar-refractivity contribution in [3.05, 3.63) is 24.4 Å². The van der Waals surface area contributed by atoms with Crippen LogP contribution in [-0.4, -0.2) is 53.1 Å². The summed E-state index contributed by atoms with van der Waals surface area (Å²) in [4.78, 5) is 14.5. The molecule has 5 nitrogen and oxygen atoms in total. The van der Waals surface area contributed by atoms with E-state index in [0.29, 0.717) is 12.1 Å². The molecule has 0 spiro atoms. The Bertz CT molecular complexity index is 608. The number of hydrogen-bond donors (Lipinski definition) is 1. The molecule has 0 aromatic carbocycles. The van der Waals surface area contributed by atoms with Crippen molar-refractivity contribution in [1.82, 2.24) is 14.9 Å². The van der Waals surface area contributed by atoms with Gasteiger partial charge in [-0.2, -0.15) is 4.98 Å². The topological polar surface area (TPSA) is 44.3 Å². The normalized spacial score (nSPS) is 27.8. The molecule has 0 radical (unpaired) electrons. The van der Waals surface area contributed by atoms with E-state index >= 15 is 0 Å². The number of likely N-dealkylation sites (tertiary alicyclic amines) is 1. The number of aromatic nitrogens is 2. The number of nitrogens with zero attached hydrogens (tertiary/aromatic N) is 4. The summed E-state index contributed by atoms with van der Waals surface area (Å²) in [6.45, 7) is 4.58. The van der Waals surface area contributed by atoms with E-state index in [1.54, 1.807) is 0 Å². The molecule has 1 N–H and O–H groups in total. The molecule has 2 unspecified atom stereocenters. The second-order valence-corrected chi connectivity index (χ2v) is 8.40. The van der Waals surface area contributed by atoms with Crippen molar-refractivity contribution in [2.45, 2.75) is 76.3 Å². The van der Waals surface area contributed by atoms with Crippen LogP contribution in [0.3, 0.4) is 0 Å². The number of nitrogens with one attached hydrogen (secondary N) is 1. The van der Waals surface area contributed by atoms with E-state index in [0.717, 1.165) is 31.4 Å². The molecule has 2 fully saturated rings. The summed E-state index contributed by atoms with van der Waals surface area (Å²) >= 11 is 0. The van der Waals surface area contributed by atoms with E-state index < -0.39 is 0 Å². The highest BCUT2D eigenvalue weighted by Crippen LogP contribution is 2.23. The van der Waals surface area contributed by atoms with Crippen LogP contribution in [0.1, 0.15) is 64.2 Å². The Balaban J connectivity index is 1.37. The Morgan fingerprint density at radius 2 is 1.81 bits per heavy atom. The van der Waals surface area contributed by atoms with Gasteiger partial charge in [0.25, 0.3) is 0 Å². The molecule has 2 saturated heterocycles. The minimum atomic E-state index is 0.454. The van der Waals surface area contributed by atoms with Gasteiger partial charge in [0.2, 0.25) is 5.95 Å². The van der Waals surface area contributed by atoms with Gasteiger partial charge >= 0.3 is 0 Å². The lowest BCUT2D eigenvalue weighted by Crippen LogP contribution is -2.46. The highest BCUT2D eigenvalue weighted by atomic mass is 15.2. The van der Waals surface area contributed by atoms with Crippen molar-refractivity contribution in [3.8, 4) is 0 Å². The molecule has 3 heterocycles. The minimum absolute atomic E-state index is 0.454. The Kier molecular flexibility index (Phi) is 6.62. The molecule has 3 aliphatic rings. The third-order valence-electron chi connectivity index (χ3n) is 6.30. The second kappa shape index (κ2) is 9.54. The van der Waals surface area contributed by atoms with Crippen LogP contribution >= 0.6 is 0 Å². The lowest BCUT2D eigenvalue weighted by atomic mass is 10.0. The van der Waals surface area contributed by atoms with E-state index in [4.69, 9.17) is 4.98 Å². The van der Waals surface area contributed by atoms with Crippen molar-refractivity contribution in [3.63, 3.8) is 0 Å². The Morgan fingerprint density at radius 3 is 2.70 bits per heavy atom. The molecule has 1 aromatic heterocycles. The SMILES string of the molecule is C1=CC(N2CCCC(Nc3nccc(N4CCCCCC4)n3)C2)CCCC1. The number of hydrogen-bond acceptors (Lipinski definition) is 5. The Morgan fingerprint density at radius 1 is 0.926 bits per heavy atom. The van der Waals surface area contributed by atoms with Gasteiger partial charge in [-0.15, -0.1) is 0 Å². The third-order valence-corrected chi connectivity index (χ3v) is 6.30. The van der Waals surface area contributed by atoms with E-state index in [9.17, 15) is 0 Å². The summed E-state index contributed by atoms with van der Waals surface area (Å²) < 4.78 is 0. The number of rotatable bonds is 4. The maximum atomic E-state index is 4.86.